The summed E-state index contributed by atoms with van der Waals surface area (Å²) in [5.74, 6) is 1.60. The number of rotatable bonds is 7. The monoisotopic (exact) mass is 345 g/mol. The van der Waals surface area contributed by atoms with E-state index in [0.29, 0.717) is 17.5 Å². The lowest BCUT2D eigenvalue weighted by molar-refractivity contribution is -0.122. The lowest BCUT2D eigenvalue weighted by Crippen LogP contribution is -2.48. The van der Waals surface area contributed by atoms with Gasteiger partial charge in [-0.1, -0.05) is 24.9 Å². The van der Waals surface area contributed by atoms with Crippen LogP contribution in [0.1, 0.15) is 56.4 Å². The molecule has 25 heavy (non-hydrogen) atoms. The number of hydrogen-bond acceptors (Lipinski definition) is 5. The Labute approximate surface area is 148 Å². The summed E-state index contributed by atoms with van der Waals surface area (Å²) >= 11 is 0. The number of aromatic amines is 1. The number of nitrogens with zero attached hydrogens (tertiary/aromatic N) is 3. The van der Waals surface area contributed by atoms with Gasteiger partial charge in [-0.25, -0.2) is 0 Å². The van der Waals surface area contributed by atoms with Crippen LogP contribution in [0.15, 0.2) is 22.9 Å². The molecular weight excluding hydrogens is 318 g/mol. The molecule has 0 aromatic carbocycles. The summed E-state index contributed by atoms with van der Waals surface area (Å²) in [6.45, 7) is 5.79. The number of aryl methyl sites for hydroxylation is 1. The van der Waals surface area contributed by atoms with E-state index in [1.54, 1.807) is 12.3 Å². The van der Waals surface area contributed by atoms with Crippen molar-refractivity contribution in [1.29, 1.82) is 0 Å². The average Bonchev–Trinajstić information content (AvgIpc) is 3.27. The number of anilines is 1. The molecule has 1 aliphatic heterocycles. The fourth-order valence-corrected chi connectivity index (χ4v) is 3.55. The Morgan fingerprint density at radius 1 is 1.56 bits per heavy atom. The van der Waals surface area contributed by atoms with Gasteiger partial charge in [0.2, 0.25) is 5.91 Å². The molecule has 0 unspecified atom stereocenters. The first-order valence-electron chi connectivity index (χ1n) is 9.15. The van der Waals surface area contributed by atoms with Crippen LogP contribution in [0.5, 0.6) is 0 Å². The van der Waals surface area contributed by atoms with E-state index in [1.165, 1.54) is 0 Å². The van der Waals surface area contributed by atoms with E-state index in [4.69, 9.17) is 4.52 Å². The highest BCUT2D eigenvalue weighted by Crippen LogP contribution is 2.28. The van der Waals surface area contributed by atoms with E-state index in [2.05, 4.69) is 32.5 Å². The van der Waals surface area contributed by atoms with Gasteiger partial charge in [0, 0.05) is 30.4 Å². The van der Waals surface area contributed by atoms with Gasteiger partial charge in [-0.05, 0) is 38.8 Å². The molecule has 0 saturated carbocycles. The maximum absolute atomic E-state index is 12.9. The molecular formula is C18H27N5O2. The molecule has 136 valence electrons. The van der Waals surface area contributed by atoms with Crippen LogP contribution in [0.3, 0.4) is 0 Å². The maximum Gasteiger partial charge on any atom is 0.242 e. The van der Waals surface area contributed by atoms with Crippen LogP contribution < -0.4 is 5.32 Å². The summed E-state index contributed by atoms with van der Waals surface area (Å²) in [6, 6.07) is 3.65. The van der Waals surface area contributed by atoms with Crippen LogP contribution in [0.25, 0.3) is 0 Å². The third kappa shape index (κ3) is 4.48. The van der Waals surface area contributed by atoms with Gasteiger partial charge < -0.3 is 9.84 Å². The third-order valence-corrected chi connectivity index (χ3v) is 4.87. The molecule has 2 atom stereocenters. The van der Waals surface area contributed by atoms with Crippen molar-refractivity contribution in [3.05, 3.63) is 29.8 Å². The second-order valence-electron chi connectivity index (χ2n) is 6.82. The van der Waals surface area contributed by atoms with Crippen LogP contribution >= 0.6 is 0 Å². The second-order valence-corrected chi connectivity index (χ2v) is 6.82. The predicted octanol–water partition coefficient (Wildman–Crippen LogP) is 3.08. The highest BCUT2D eigenvalue weighted by molar-refractivity contribution is 5.94. The number of nitrogens with one attached hydrogen (secondary N) is 2. The zero-order valence-electron chi connectivity index (χ0n) is 15.0. The second kappa shape index (κ2) is 8.29. The Hall–Kier alpha value is -2.15. The van der Waals surface area contributed by atoms with Crippen molar-refractivity contribution in [2.75, 3.05) is 18.4 Å². The van der Waals surface area contributed by atoms with E-state index in [9.17, 15) is 4.79 Å². The zero-order valence-corrected chi connectivity index (χ0v) is 15.0. The van der Waals surface area contributed by atoms with Gasteiger partial charge >= 0.3 is 0 Å². The van der Waals surface area contributed by atoms with Gasteiger partial charge in [0.15, 0.2) is 5.82 Å². The van der Waals surface area contributed by atoms with E-state index >= 15 is 0 Å². The third-order valence-electron chi connectivity index (χ3n) is 4.87. The lowest BCUT2D eigenvalue weighted by atomic mass is 9.92. The minimum absolute atomic E-state index is 0.00649. The smallest absolute Gasteiger partial charge is 0.242 e. The van der Waals surface area contributed by atoms with E-state index in [1.807, 2.05) is 13.0 Å². The largest absolute Gasteiger partial charge is 0.360 e. The van der Waals surface area contributed by atoms with Gasteiger partial charge in [0.25, 0.3) is 0 Å². The molecule has 1 amide bonds. The fraction of sp³-hybridized carbons (Fsp3) is 0.611. The normalized spacial score (nSPS) is 19.7. The highest BCUT2D eigenvalue weighted by Gasteiger charge is 2.31. The standard InChI is InChI=1S/C18H27N5O2/c1-3-4-7-16(18(24)20-17-11-13(2)25-22-17)23-10-5-6-14(12-23)15-8-9-19-21-15/h8-9,11,14,16H,3-7,10,12H2,1-2H3,(H,19,21)(H,20,22,24)/t14-,16-/m0/s1. The lowest BCUT2D eigenvalue weighted by Gasteiger charge is -2.37. The predicted molar refractivity (Wildman–Crippen MR) is 95.3 cm³/mol. The number of hydrogen-bond donors (Lipinski definition) is 2. The molecule has 0 spiro atoms. The van der Waals surface area contributed by atoms with Crippen LogP contribution in [0.2, 0.25) is 0 Å². The molecule has 1 fully saturated rings. The quantitative estimate of drug-likeness (QED) is 0.805. The number of carbonyl (C=O) groups is 1. The molecule has 2 aromatic rings. The Kier molecular flexibility index (Phi) is 5.86. The summed E-state index contributed by atoms with van der Waals surface area (Å²) < 4.78 is 5.05. The topological polar surface area (TPSA) is 87.1 Å². The van der Waals surface area contributed by atoms with Crippen molar-refractivity contribution in [3.63, 3.8) is 0 Å². The zero-order chi connectivity index (χ0) is 17.6. The van der Waals surface area contributed by atoms with Gasteiger partial charge in [0.1, 0.15) is 5.76 Å². The summed E-state index contributed by atoms with van der Waals surface area (Å²) in [6.07, 6.45) is 6.97. The Bertz CT molecular complexity index is 667. The average molecular weight is 345 g/mol. The van der Waals surface area contributed by atoms with Crippen molar-refractivity contribution >= 4 is 11.7 Å². The molecule has 3 rings (SSSR count). The molecule has 1 saturated heterocycles. The molecule has 0 radical (unpaired) electrons. The Balaban J connectivity index is 1.69. The molecule has 1 aliphatic rings. The number of carbonyl (C=O) groups excluding carboxylic acids is 1. The minimum atomic E-state index is -0.136. The van der Waals surface area contributed by atoms with Crippen LogP contribution in [-0.4, -0.2) is 45.3 Å². The van der Waals surface area contributed by atoms with Gasteiger partial charge in [-0.2, -0.15) is 5.10 Å². The van der Waals surface area contributed by atoms with Crippen LogP contribution in [-0.2, 0) is 4.79 Å². The van der Waals surface area contributed by atoms with E-state index in [0.717, 1.165) is 50.9 Å². The molecule has 0 bridgehead atoms. The van der Waals surface area contributed by atoms with Crippen LogP contribution in [0.4, 0.5) is 5.82 Å². The maximum atomic E-state index is 12.9. The first-order valence-corrected chi connectivity index (χ1v) is 9.15. The number of unbranched alkanes of at least 4 members (excludes halogenated alkanes) is 1. The number of piperidine rings is 1. The fourth-order valence-electron chi connectivity index (χ4n) is 3.55. The van der Waals surface area contributed by atoms with Crippen molar-refractivity contribution in [2.45, 2.75) is 57.9 Å². The number of amides is 1. The summed E-state index contributed by atoms with van der Waals surface area (Å²) in [7, 11) is 0. The molecule has 7 nitrogen and oxygen atoms in total. The summed E-state index contributed by atoms with van der Waals surface area (Å²) in [5, 5.41) is 13.9. The van der Waals surface area contributed by atoms with Gasteiger partial charge in [-0.15, -0.1) is 0 Å². The van der Waals surface area contributed by atoms with Crippen LogP contribution in [0, 0.1) is 6.92 Å². The number of H-pyrrole nitrogens is 1. The van der Waals surface area contributed by atoms with E-state index < -0.39 is 0 Å². The minimum Gasteiger partial charge on any atom is -0.360 e. The number of aromatic nitrogens is 3. The van der Waals surface area contributed by atoms with Crippen molar-refractivity contribution < 1.29 is 9.32 Å². The number of likely N-dealkylation sites (tertiary alicyclic amines) is 1. The van der Waals surface area contributed by atoms with Crippen molar-refractivity contribution in [2.24, 2.45) is 0 Å². The van der Waals surface area contributed by atoms with Crippen molar-refractivity contribution in [3.8, 4) is 0 Å². The molecule has 2 aromatic heterocycles. The molecule has 2 N–H and O–H groups in total. The molecule has 3 heterocycles. The Morgan fingerprint density at radius 2 is 2.44 bits per heavy atom. The van der Waals surface area contributed by atoms with Gasteiger partial charge in [-0.3, -0.25) is 14.8 Å². The van der Waals surface area contributed by atoms with E-state index in [-0.39, 0.29) is 11.9 Å². The SMILES string of the molecule is CCCC[C@@H](C(=O)Nc1cc(C)on1)N1CCC[C@H](c2ccn[nH]2)C1. The van der Waals surface area contributed by atoms with Crippen molar-refractivity contribution in [1.82, 2.24) is 20.3 Å². The first-order chi connectivity index (χ1) is 12.2. The summed E-state index contributed by atoms with van der Waals surface area (Å²) in [5.41, 5.74) is 1.16. The molecule has 0 aliphatic carbocycles. The summed E-state index contributed by atoms with van der Waals surface area (Å²) in [4.78, 5) is 15.2. The Morgan fingerprint density at radius 3 is 3.12 bits per heavy atom. The molecule has 7 heteroatoms. The van der Waals surface area contributed by atoms with Gasteiger partial charge in [0.05, 0.1) is 6.04 Å². The highest BCUT2D eigenvalue weighted by atomic mass is 16.5. The first kappa shape index (κ1) is 17.7.